The highest BCUT2D eigenvalue weighted by Crippen LogP contribution is 2.56. The average Bonchev–Trinajstić information content (AvgIpc) is 4.17. The van der Waals surface area contributed by atoms with Gasteiger partial charge < -0.3 is 9.73 Å². The van der Waals surface area contributed by atoms with E-state index in [0.717, 1.165) is 77.5 Å². The lowest BCUT2D eigenvalue weighted by Crippen LogP contribution is -2.30. The summed E-state index contributed by atoms with van der Waals surface area (Å²) in [6.45, 7) is 0. The number of thioether (sulfide) groups is 1. The van der Waals surface area contributed by atoms with Crippen LogP contribution in [0.3, 0.4) is 0 Å². The van der Waals surface area contributed by atoms with Gasteiger partial charge in [0.15, 0.2) is 0 Å². The summed E-state index contributed by atoms with van der Waals surface area (Å²) in [4.78, 5) is 45.2. The van der Waals surface area contributed by atoms with E-state index in [1.807, 2.05) is 97.1 Å². The van der Waals surface area contributed by atoms with Crippen molar-refractivity contribution < 1.29 is 14.3 Å². The Bertz CT molecular complexity index is 4080. The molecule has 0 amide bonds. The Balaban J connectivity index is 1.11. The molecule has 1 radical (unpaired) electrons. The zero-order valence-corrected chi connectivity index (χ0v) is 44.0. The third kappa shape index (κ3) is 10.3. The van der Waals surface area contributed by atoms with Crippen LogP contribution in [-0.4, -0.2) is 28.9 Å². The largest absolute Gasteiger partial charge is 0.423 e. The SMILES string of the molecule is O=c1cc(S/C(=C2/N=C(c3ccccc3-c3cc(C[B]Cc4ccc([N+](=O)[O-])cc4)ccc3[N+](=O)[O-])C(c3ccccc3)C2c2ccccc2)C2NC(c3ccccc3)=C(c3ccccc3)C2c2ccccc2)c2ccccc2o1. The first-order valence-electron chi connectivity index (χ1n) is 26.5. The van der Waals surface area contributed by atoms with Crippen molar-refractivity contribution in [3.8, 4) is 11.1 Å². The van der Waals surface area contributed by atoms with Gasteiger partial charge in [0, 0.05) is 68.5 Å². The van der Waals surface area contributed by atoms with E-state index < -0.39 is 28.4 Å². The van der Waals surface area contributed by atoms with Crippen LogP contribution >= 0.6 is 11.8 Å². The van der Waals surface area contributed by atoms with E-state index in [1.165, 1.54) is 23.9 Å². The number of allylic oxidation sites excluding steroid dienone is 1. The molecule has 1 N–H and O–H groups in total. The summed E-state index contributed by atoms with van der Waals surface area (Å²) in [6, 6.07) is 80.7. The predicted octanol–water partition coefficient (Wildman–Crippen LogP) is 15.4. The zero-order valence-electron chi connectivity index (χ0n) is 43.2. The third-order valence-electron chi connectivity index (χ3n) is 15.0. The van der Waals surface area contributed by atoms with Gasteiger partial charge in [-0.1, -0.05) is 248 Å². The minimum atomic E-state index is -0.471. The minimum Gasteiger partial charge on any atom is -0.423 e. The molecule has 12 rings (SSSR count). The predicted molar refractivity (Wildman–Crippen MR) is 321 cm³/mol. The van der Waals surface area contributed by atoms with Crippen molar-refractivity contribution in [2.75, 3.05) is 0 Å². The van der Waals surface area contributed by atoms with Crippen molar-refractivity contribution in [3.63, 3.8) is 0 Å². The molecule has 0 spiro atoms. The summed E-state index contributed by atoms with van der Waals surface area (Å²) in [5, 5.41) is 29.5. The highest BCUT2D eigenvalue weighted by Gasteiger charge is 2.46. The smallest absolute Gasteiger partial charge is 0.337 e. The Hall–Kier alpha value is -9.65. The number of hydrogen-bond acceptors (Lipinski definition) is 9. The van der Waals surface area contributed by atoms with Gasteiger partial charge in [0.25, 0.3) is 11.4 Å². The molecule has 10 nitrogen and oxygen atoms in total. The maximum absolute atomic E-state index is 13.8. The number of nitro benzene ring substituents is 2. The van der Waals surface area contributed by atoms with Crippen molar-refractivity contribution in [1.82, 2.24) is 5.32 Å². The summed E-state index contributed by atoms with van der Waals surface area (Å²) in [5.41, 5.74) is 12.5. The number of para-hydroxylation sites is 1. The van der Waals surface area contributed by atoms with Crippen LogP contribution in [0.25, 0.3) is 33.4 Å². The molecule has 0 saturated heterocycles. The topological polar surface area (TPSA) is 141 Å². The zero-order chi connectivity index (χ0) is 54.5. The molecule has 10 aromatic rings. The second-order valence-electron chi connectivity index (χ2n) is 19.9. The van der Waals surface area contributed by atoms with E-state index in [-0.39, 0.29) is 22.2 Å². The Labute approximate surface area is 467 Å². The van der Waals surface area contributed by atoms with E-state index in [1.54, 1.807) is 30.3 Å². The summed E-state index contributed by atoms with van der Waals surface area (Å²) in [7, 11) is 2.08. The number of nitrogens with zero attached hydrogens (tertiary/aromatic N) is 3. The van der Waals surface area contributed by atoms with Crippen molar-refractivity contribution in [2.45, 2.75) is 41.3 Å². The molecule has 387 valence electrons. The first kappa shape index (κ1) is 51.1. The molecule has 12 heteroatoms. The van der Waals surface area contributed by atoms with Crippen LogP contribution in [-0.2, 0) is 12.6 Å². The van der Waals surface area contributed by atoms with Crippen molar-refractivity contribution in [2.24, 2.45) is 4.99 Å². The molecule has 2 aliphatic heterocycles. The molecule has 0 aliphatic carbocycles. The Kier molecular flexibility index (Phi) is 14.5. The summed E-state index contributed by atoms with van der Waals surface area (Å²) in [5.74, 6) is -1.10. The molecule has 9 aromatic carbocycles. The van der Waals surface area contributed by atoms with Crippen molar-refractivity contribution >= 4 is 58.4 Å². The fourth-order valence-electron chi connectivity index (χ4n) is 11.4. The molecular weight excluding hydrogens is 1010 g/mol. The van der Waals surface area contributed by atoms with Gasteiger partial charge in [-0.05, 0) is 51.1 Å². The van der Waals surface area contributed by atoms with E-state index in [2.05, 4.69) is 122 Å². The van der Waals surface area contributed by atoms with E-state index in [0.29, 0.717) is 34.2 Å². The quantitative estimate of drug-likeness (QED) is 0.0332. The van der Waals surface area contributed by atoms with Gasteiger partial charge >= 0.3 is 5.63 Å². The van der Waals surface area contributed by atoms with Crippen LogP contribution < -0.4 is 10.9 Å². The number of nitrogens with one attached hydrogen (secondary N) is 1. The molecule has 0 fully saturated rings. The van der Waals surface area contributed by atoms with Crippen LogP contribution in [0.5, 0.6) is 0 Å². The molecule has 0 bridgehead atoms. The molecule has 80 heavy (non-hydrogen) atoms. The number of rotatable bonds is 16. The van der Waals surface area contributed by atoms with E-state index in [9.17, 15) is 25.0 Å². The second kappa shape index (κ2) is 22.7. The number of hydrogen-bond donors (Lipinski definition) is 1. The van der Waals surface area contributed by atoms with Gasteiger partial charge in [0.1, 0.15) is 12.9 Å². The lowest BCUT2D eigenvalue weighted by atomic mass is 9.66. The standard InChI is InChI=1S/C68H50BN4O6S/c74-59-41-58(54-32-18-19-33-57(54)79-59)80-68(66-62(48-24-10-3-11-25-48)60(46-20-6-1-7-21-46)64(70-66)50-28-14-5-15-29-50)67-63(49-26-12-4-13-27-49)61(47-22-8-2-9-23-47)65(71-67)53-31-17-16-30-52(53)55-40-45(36-39-56(55)73(77)78)43-69-42-44-34-37-51(38-35-44)72(75)76/h1-41,61-63,66,70H,42-43H2/b68-67+. The normalized spacial score (nSPS) is 17.4. The Morgan fingerprint density at radius 1 is 0.537 bits per heavy atom. The second-order valence-corrected chi connectivity index (χ2v) is 20.9. The van der Waals surface area contributed by atoms with Gasteiger partial charge in [-0.15, -0.1) is 0 Å². The summed E-state index contributed by atoms with van der Waals surface area (Å²) >= 11 is 1.53. The fraction of sp³-hybridized carbons (Fsp3) is 0.0882. The number of fused-ring (bicyclic) bond motifs is 1. The highest BCUT2D eigenvalue weighted by atomic mass is 32.2. The highest BCUT2D eigenvalue weighted by molar-refractivity contribution is 8.03. The van der Waals surface area contributed by atoms with Crippen molar-refractivity contribution in [1.29, 1.82) is 0 Å². The molecule has 2 aliphatic rings. The summed E-state index contributed by atoms with van der Waals surface area (Å²) < 4.78 is 5.85. The lowest BCUT2D eigenvalue weighted by molar-refractivity contribution is -0.384. The molecule has 1 aromatic heterocycles. The van der Waals surface area contributed by atoms with Gasteiger partial charge in [-0.25, -0.2) is 4.79 Å². The van der Waals surface area contributed by atoms with Crippen LogP contribution in [0.1, 0.15) is 62.3 Å². The van der Waals surface area contributed by atoms with Gasteiger partial charge in [0.05, 0.1) is 32.9 Å². The molecule has 0 saturated carbocycles. The monoisotopic (exact) mass is 1060 g/mol. The molecular formula is C68H50BN4O6S. The van der Waals surface area contributed by atoms with Crippen LogP contribution in [0, 0.1) is 20.2 Å². The average molecular weight is 1060 g/mol. The lowest BCUT2D eigenvalue weighted by Gasteiger charge is -2.30. The van der Waals surface area contributed by atoms with E-state index in [4.69, 9.17) is 9.41 Å². The van der Waals surface area contributed by atoms with Gasteiger partial charge in [-0.3, -0.25) is 25.2 Å². The van der Waals surface area contributed by atoms with Gasteiger partial charge in [0.2, 0.25) is 0 Å². The molecule has 4 unspecified atom stereocenters. The van der Waals surface area contributed by atoms with Crippen LogP contribution in [0.15, 0.2) is 278 Å². The first-order valence-corrected chi connectivity index (χ1v) is 27.3. The molecule has 4 atom stereocenters. The number of aliphatic imine (C=N–C) groups is 1. The molecule has 3 heterocycles. The van der Waals surface area contributed by atoms with Crippen LogP contribution in [0.2, 0.25) is 0 Å². The Morgan fingerprint density at radius 2 is 1.07 bits per heavy atom. The fourth-order valence-corrected chi connectivity index (χ4v) is 12.7. The first-order chi connectivity index (χ1) is 39.3. The minimum absolute atomic E-state index is 0.0263. The van der Waals surface area contributed by atoms with Gasteiger partial charge in [-0.2, -0.15) is 0 Å². The summed E-state index contributed by atoms with van der Waals surface area (Å²) in [6.07, 6.45) is 1.04. The maximum Gasteiger partial charge on any atom is 0.337 e. The Morgan fingerprint density at radius 3 is 1.71 bits per heavy atom. The number of non-ortho nitro benzene ring substituents is 1. The van der Waals surface area contributed by atoms with Crippen LogP contribution in [0.4, 0.5) is 11.4 Å². The number of nitro groups is 2. The number of benzene rings is 9. The van der Waals surface area contributed by atoms with E-state index >= 15 is 0 Å². The third-order valence-corrected chi connectivity index (χ3v) is 16.3. The maximum atomic E-state index is 13.8. The van der Waals surface area contributed by atoms with Crippen molar-refractivity contribution in [3.05, 3.63) is 334 Å².